The van der Waals surface area contributed by atoms with Crippen molar-refractivity contribution in [3.05, 3.63) is 16.3 Å². The Kier molecular flexibility index (Phi) is 1.29. The van der Waals surface area contributed by atoms with Gasteiger partial charge in [0.05, 0.1) is 18.3 Å². The standard InChI is InChI=1S/C4H6N4O2/c1-7-2-3(5)4(6-7)8(9)10/h2H,5H2,1H3. The number of anilines is 1. The van der Waals surface area contributed by atoms with Gasteiger partial charge in [-0.1, -0.05) is 0 Å². The zero-order valence-corrected chi connectivity index (χ0v) is 5.31. The summed E-state index contributed by atoms with van der Waals surface area (Å²) in [7, 11) is 1.57. The third-order valence-corrected chi connectivity index (χ3v) is 1.01. The van der Waals surface area contributed by atoms with E-state index in [2.05, 4.69) is 5.10 Å². The molecule has 0 saturated carbocycles. The molecule has 0 unspecified atom stereocenters. The molecule has 0 aliphatic heterocycles. The van der Waals surface area contributed by atoms with Gasteiger partial charge in [0.15, 0.2) is 5.69 Å². The molecule has 0 atom stereocenters. The monoisotopic (exact) mass is 142 g/mol. The quantitative estimate of drug-likeness (QED) is 0.438. The number of rotatable bonds is 1. The van der Waals surface area contributed by atoms with E-state index in [1.54, 1.807) is 7.05 Å². The molecule has 0 saturated heterocycles. The van der Waals surface area contributed by atoms with Gasteiger partial charge in [-0.05, 0) is 4.92 Å². The average molecular weight is 142 g/mol. The van der Waals surface area contributed by atoms with Crippen LogP contribution in [0.5, 0.6) is 0 Å². The first kappa shape index (κ1) is 6.53. The van der Waals surface area contributed by atoms with Crippen LogP contribution in [0.25, 0.3) is 0 Å². The number of nitrogen functional groups attached to an aromatic ring is 1. The van der Waals surface area contributed by atoms with E-state index in [9.17, 15) is 10.1 Å². The summed E-state index contributed by atoms with van der Waals surface area (Å²) in [6.45, 7) is 0. The minimum absolute atomic E-state index is 0.0903. The highest BCUT2D eigenvalue weighted by Gasteiger charge is 2.15. The molecule has 0 aromatic carbocycles. The molecule has 6 nitrogen and oxygen atoms in total. The number of nitrogens with zero attached hydrogens (tertiary/aromatic N) is 3. The van der Waals surface area contributed by atoms with E-state index in [1.165, 1.54) is 10.9 Å². The zero-order chi connectivity index (χ0) is 7.72. The van der Waals surface area contributed by atoms with Gasteiger partial charge in [0.1, 0.15) is 0 Å². The molecular weight excluding hydrogens is 136 g/mol. The molecule has 54 valence electrons. The summed E-state index contributed by atoms with van der Waals surface area (Å²) >= 11 is 0. The van der Waals surface area contributed by atoms with E-state index in [0.29, 0.717) is 0 Å². The van der Waals surface area contributed by atoms with Crippen LogP contribution in [0.3, 0.4) is 0 Å². The Morgan fingerprint density at radius 3 is 2.70 bits per heavy atom. The summed E-state index contributed by atoms with van der Waals surface area (Å²) < 4.78 is 1.30. The molecule has 0 aliphatic rings. The van der Waals surface area contributed by atoms with E-state index in [4.69, 9.17) is 5.73 Å². The summed E-state index contributed by atoms with van der Waals surface area (Å²) in [5.74, 6) is -0.289. The molecule has 1 aromatic heterocycles. The fourth-order valence-electron chi connectivity index (χ4n) is 0.637. The van der Waals surface area contributed by atoms with Crippen LogP contribution in [-0.2, 0) is 7.05 Å². The predicted octanol–water partition coefficient (Wildman–Crippen LogP) is -0.0895. The van der Waals surface area contributed by atoms with Crippen molar-refractivity contribution in [2.45, 2.75) is 0 Å². The number of aryl methyl sites for hydroxylation is 1. The average Bonchev–Trinajstić information content (AvgIpc) is 2.10. The maximum atomic E-state index is 10.1. The van der Waals surface area contributed by atoms with Gasteiger partial charge >= 0.3 is 5.82 Å². The third-order valence-electron chi connectivity index (χ3n) is 1.01. The van der Waals surface area contributed by atoms with Crippen LogP contribution in [0.15, 0.2) is 6.20 Å². The molecule has 0 radical (unpaired) electrons. The largest absolute Gasteiger partial charge is 0.412 e. The van der Waals surface area contributed by atoms with Crippen molar-refractivity contribution in [3.8, 4) is 0 Å². The van der Waals surface area contributed by atoms with Gasteiger partial charge in [-0.3, -0.25) is 0 Å². The molecule has 0 spiro atoms. The Morgan fingerprint density at radius 2 is 2.50 bits per heavy atom. The smallest absolute Gasteiger partial charge is 0.390 e. The summed E-state index contributed by atoms with van der Waals surface area (Å²) in [4.78, 5) is 9.47. The number of hydrogen-bond donors (Lipinski definition) is 1. The van der Waals surface area contributed by atoms with Gasteiger partial charge < -0.3 is 15.8 Å². The Morgan fingerprint density at radius 1 is 1.90 bits per heavy atom. The second-order valence-corrected chi connectivity index (χ2v) is 1.84. The third kappa shape index (κ3) is 0.903. The minimum atomic E-state index is -0.616. The number of nitro groups is 1. The molecule has 0 aliphatic carbocycles. The number of aromatic nitrogens is 2. The van der Waals surface area contributed by atoms with E-state index < -0.39 is 4.92 Å². The lowest BCUT2D eigenvalue weighted by molar-refractivity contribution is -0.388. The first-order chi connectivity index (χ1) is 4.61. The highest BCUT2D eigenvalue weighted by Crippen LogP contribution is 2.15. The first-order valence-corrected chi connectivity index (χ1v) is 2.55. The topological polar surface area (TPSA) is 87.0 Å². The summed E-state index contributed by atoms with van der Waals surface area (Å²) in [5, 5.41) is 13.6. The van der Waals surface area contributed by atoms with Gasteiger partial charge in [-0.25, -0.2) is 0 Å². The molecule has 1 heterocycles. The maximum Gasteiger partial charge on any atom is 0.412 e. The van der Waals surface area contributed by atoms with Gasteiger partial charge in [-0.2, -0.15) is 4.68 Å². The molecule has 0 bridgehead atoms. The van der Waals surface area contributed by atoms with Crippen molar-refractivity contribution in [1.82, 2.24) is 9.78 Å². The van der Waals surface area contributed by atoms with Crippen LogP contribution in [-0.4, -0.2) is 14.7 Å². The highest BCUT2D eigenvalue weighted by molar-refractivity contribution is 5.50. The molecule has 2 N–H and O–H groups in total. The van der Waals surface area contributed by atoms with E-state index in [0.717, 1.165) is 0 Å². The van der Waals surface area contributed by atoms with Crippen molar-refractivity contribution in [3.63, 3.8) is 0 Å². The van der Waals surface area contributed by atoms with Crippen molar-refractivity contribution >= 4 is 11.5 Å². The van der Waals surface area contributed by atoms with Crippen LogP contribution in [0.4, 0.5) is 11.5 Å². The number of nitrogens with two attached hydrogens (primary N) is 1. The van der Waals surface area contributed by atoms with E-state index >= 15 is 0 Å². The molecule has 0 fully saturated rings. The first-order valence-electron chi connectivity index (χ1n) is 2.55. The highest BCUT2D eigenvalue weighted by atomic mass is 16.6. The van der Waals surface area contributed by atoms with Gasteiger partial charge in [0, 0.05) is 0 Å². The van der Waals surface area contributed by atoms with Crippen LogP contribution in [0, 0.1) is 10.1 Å². The van der Waals surface area contributed by atoms with Gasteiger partial charge in [0.25, 0.3) is 0 Å². The molecule has 0 amide bonds. The second-order valence-electron chi connectivity index (χ2n) is 1.84. The van der Waals surface area contributed by atoms with Crippen LogP contribution in [0.2, 0.25) is 0 Å². The fraction of sp³-hybridized carbons (Fsp3) is 0.250. The molecule has 1 rings (SSSR count). The summed E-state index contributed by atoms with van der Waals surface area (Å²) in [5.41, 5.74) is 5.31. The van der Waals surface area contributed by atoms with Crippen LogP contribution >= 0.6 is 0 Å². The Balaban J connectivity index is 3.15. The Labute approximate surface area is 56.4 Å². The lowest BCUT2D eigenvalue weighted by Gasteiger charge is -1.85. The maximum absolute atomic E-state index is 10.1. The Bertz CT molecular complexity index is 266. The lowest BCUT2D eigenvalue weighted by Crippen LogP contribution is -1.93. The van der Waals surface area contributed by atoms with Crippen molar-refractivity contribution < 1.29 is 4.92 Å². The van der Waals surface area contributed by atoms with Gasteiger partial charge in [-0.15, -0.1) is 0 Å². The number of hydrogen-bond acceptors (Lipinski definition) is 4. The van der Waals surface area contributed by atoms with Gasteiger partial charge in [0.2, 0.25) is 0 Å². The normalized spacial score (nSPS) is 9.70. The minimum Gasteiger partial charge on any atom is -0.390 e. The zero-order valence-electron chi connectivity index (χ0n) is 5.31. The van der Waals surface area contributed by atoms with E-state index in [-0.39, 0.29) is 11.5 Å². The van der Waals surface area contributed by atoms with Crippen molar-refractivity contribution in [1.29, 1.82) is 0 Å². The van der Waals surface area contributed by atoms with E-state index in [1.807, 2.05) is 0 Å². The predicted molar refractivity (Wildman–Crippen MR) is 34.3 cm³/mol. The van der Waals surface area contributed by atoms with Crippen LogP contribution in [0.1, 0.15) is 0 Å². The lowest BCUT2D eigenvalue weighted by atomic mass is 10.5. The van der Waals surface area contributed by atoms with Crippen molar-refractivity contribution in [2.24, 2.45) is 7.05 Å². The molecule has 10 heavy (non-hydrogen) atoms. The molecule has 6 heteroatoms. The molecule has 1 aromatic rings. The molecular formula is C4H6N4O2. The Hall–Kier alpha value is -1.59. The van der Waals surface area contributed by atoms with Crippen molar-refractivity contribution in [2.75, 3.05) is 5.73 Å². The van der Waals surface area contributed by atoms with Crippen LogP contribution < -0.4 is 5.73 Å². The summed E-state index contributed by atoms with van der Waals surface area (Å²) in [6, 6.07) is 0. The SMILES string of the molecule is Cn1cc(N)c([N+](=O)[O-])n1. The summed E-state index contributed by atoms with van der Waals surface area (Å²) in [6.07, 6.45) is 1.39. The second kappa shape index (κ2) is 1.98. The fourth-order valence-corrected chi connectivity index (χ4v) is 0.637.